The summed E-state index contributed by atoms with van der Waals surface area (Å²) in [5, 5.41) is 13.3. The third-order valence-electron chi connectivity index (χ3n) is 3.09. The van der Waals surface area contributed by atoms with Crippen molar-refractivity contribution in [2.75, 3.05) is 7.11 Å². The van der Waals surface area contributed by atoms with E-state index >= 15 is 0 Å². The summed E-state index contributed by atoms with van der Waals surface area (Å²) in [6.07, 6.45) is -0.887. The van der Waals surface area contributed by atoms with E-state index in [0.29, 0.717) is 22.2 Å². The van der Waals surface area contributed by atoms with Gasteiger partial charge in [0.1, 0.15) is 0 Å². The molecule has 0 saturated carbocycles. The molecule has 22 heavy (non-hydrogen) atoms. The van der Waals surface area contributed by atoms with E-state index in [0.717, 1.165) is 0 Å². The van der Waals surface area contributed by atoms with Gasteiger partial charge in [0.25, 0.3) is 0 Å². The van der Waals surface area contributed by atoms with Crippen LogP contribution < -0.4 is 10.1 Å². The largest absolute Gasteiger partial charge is 0.481 e. The number of benzene rings is 1. The van der Waals surface area contributed by atoms with Crippen LogP contribution >= 0.6 is 11.6 Å². The molecule has 0 aliphatic carbocycles. The Morgan fingerprint density at radius 1 is 1.32 bits per heavy atom. The standard InChI is InChI=1S/C16H17ClN2O3/c1-22-16-4-2-3-13(19-16)10-18-15(21)9-14(20)11-5-7-12(17)8-6-11/h2-8,14,20H,9-10H2,1H3,(H,18,21). The summed E-state index contributed by atoms with van der Waals surface area (Å²) >= 11 is 5.79. The molecule has 1 amide bonds. The zero-order valence-electron chi connectivity index (χ0n) is 12.1. The summed E-state index contributed by atoms with van der Waals surface area (Å²) in [4.78, 5) is 16.1. The van der Waals surface area contributed by atoms with Gasteiger partial charge < -0.3 is 15.2 Å². The van der Waals surface area contributed by atoms with Gasteiger partial charge in [0.2, 0.25) is 11.8 Å². The summed E-state index contributed by atoms with van der Waals surface area (Å²) < 4.78 is 5.02. The van der Waals surface area contributed by atoms with E-state index in [1.807, 2.05) is 0 Å². The lowest BCUT2D eigenvalue weighted by Crippen LogP contribution is -2.25. The monoisotopic (exact) mass is 320 g/mol. The quantitative estimate of drug-likeness (QED) is 0.857. The second-order valence-corrected chi connectivity index (χ2v) is 5.16. The average Bonchev–Trinajstić information content (AvgIpc) is 2.53. The lowest BCUT2D eigenvalue weighted by Gasteiger charge is -2.11. The molecule has 0 radical (unpaired) electrons. The maximum atomic E-state index is 11.9. The number of amides is 1. The number of pyridine rings is 1. The molecule has 6 heteroatoms. The predicted octanol–water partition coefficient (Wildman–Crippen LogP) is 2.48. The van der Waals surface area contributed by atoms with Gasteiger partial charge in [-0.15, -0.1) is 0 Å². The Kier molecular flexibility index (Phi) is 5.75. The number of carbonyl (C=O) groups is 1. The van der Waals surface area contributed by atoms with Gasteiger partial charge in [-0.2, -0.15) is 0 Å². The van der Waals surface area contributed by atoms with E-state index in [2.05, 4.69) is 10.3 Å². The average molecular weight is 321 g/mol. The molecule has 2 aromatic rings. The van der Waals surface area contributed by atoms with Crippen molar-refractivity contribution in [1.82, 2.24) is 10.3 Å². The summed E-state index contributed by atoms with van der Waals surface area (Å²) in [6.45, 7) is 0.281. The van der Waals surface area contributed by atoms with Crippen LogP contribution in [0, 0.1) is 0 Å². The number of ether oxygens (including phenoxy) is 1. The highest BCUT2D eigenvalue weighted by atomic mass is 35.5. The number of hydrogen-bond donors (Lipinski definition) is 2. The molecule has 1 aromatic carbocycles. The van der Waals surface area contributed by atoms with Gasteiger partial charge >= 0.3 is 0 Å². The molecular weight excluding hydrogens is 304 g/mol. The fourth-order valence-corrected chi connectivity index (χ4v) is 2.04. The van der Waals surface area contributed by atoms with Crippen molar-refractivity contribution in [3.05, 3.63) is 58.7 Å². The zero-order valence-corrected chi connectivity index (χ0v) is 12.9. The van der Waals surface area contributed by atoms with Crippen LogP contribution in [0.2, 0.25) is 5.02 Å². The summed E-state index contributed by atoms with van der Waals surface area (Å²) in [5.41, 5.74) is 1.34. The summed E-state index contributed by atoms with van der Waals surface area (Å²) in [5.74, 6) is 0.236. The first kappa shape index (κ1) is 16.3. The van der Waals surface area contributed by atoms with E-state index in [1.54, 1.807) is 42.5 Å². The molecule has 0 fully saturated rings. The van der Waals surface area contributed by atoms with Gasteiger partial charge in [0.05, 0.1) is 31.9 Å². The normalized spacial score (nSPS) is 11.8. The van der Waals surface area contributed by atoms with Gasteiger partial charge in [0.15, 0.2) is 0 Å². The highest BCUT2D eigenvalue weighted by molar-refractivity contribution is 6.30. The molecular formula is C16H17ClN2O3. The van der Waals surface area contributed by atoms with E-state index in [9.17, 15) is 9.90 Å². The van der Waals surface area contributed by atoms with Crippen molar-refractivity contribution in [3.8, 4) is 5.88 Å². The van der Waals surface area contributed by atoms with Gasteiger partial charge in [-0.1, -0.05) is 29.8 Å². The van der Waals surface area contributed by atoms with Crippen molar-refractivity contribution in [1.29, 1.82) is 0 Å². The third kappa shape index (κ3) is 4.72. The van der Waals surface area contributed by atoms with Crippen LogP contribution in [-0.4, -0.2) is 23.1 Å². The van der Waals surface area contributed by atoms with Crippen LogP contribution in [0.5, 0.6) is 5.88 Å². The van der Waals surface area contributed by atoms with Crippen molar-refractivity contribution >= 4 is 17.5 Å². The second kappa shape index (κ2) is 7.77. The number of halogens is 1. The lowest BCUT2D eigenvalue weighted by atomic mass is 10.1. The number of methoxy groups -OCH3 is 1. The van der Waals surface area contributed by atoms with Gasteiger partial charge in [-0.25, -0.2) is 4.98 Å². The molecule has 0 saturated heterocycles. The molecule has 0 spiro atoms. The van der Waals surface area contributed by atoms with Crippen molar-refractivity contribution in [3.63, 3.8) is 0 Å². The minimum atomic E-state index is -0.865. The molecule has 1 atom stereocenters. The van der Waals surface area contributed by atoms with Gasteiger partial charge in [0, 0.05) is 11.1 Å². The van der Waals surface area contributed by atoms with Crippen LogP contribution in [0.1, 0.15) is 23.8 Å². The maximum Gasteiger partial charge on any atom is 0.223 e. The molecule has 0 bridgehead atoms. The van der Waals surface area contributed by atoms with E-state index in [1.165, 1.54) is 7.11 Å². The number of rotatable bonds is 6. The van der Waals surface area contributed by atoms with Crippen molar-refractivity contribution < 1.29 is 14.6 Å². The van der Waals surface area contributed by atoms with E-state index < -0.39 is 6.10 Å². The highest BCUT2D eigenvalue weighted by Gasteiger charge is 2.13. The summed E-state index contributed by atoms with van der Waals surface area (Å²) in [6, 6.07) is 12.1. The number of aliphatic hydroxyl groups is 1. The maximum absolute atomic E-state index is 11.9. The van der Waals surface area contributed by atoms with Crippen molar-refractivity contribution in [2.24, 2.45) is 0 Å². The Balaban J connectivity index is 1.85. The SMILES string of the molecule is COc1cccc(CNC(=O)CC(O)c2ccc(Cl)cc2)n1. The molecule has 2 rings (SSSR count). The van der Waals surface area contributed by atoms with Gasteiger partial charge in [-0.05, 0) is 23.8 Å². The Bertz CT molecular complexity index is 632. The van der Waals surface area contributed by atoms with Crippen LogP contribution in [0.4, 0.5) is 0 Å². The first-order valence-electron chi connectivity index (χ1n) is 6.78. The Labute approximate surface area is 133 Å². The topological polar surface area (TPSA) is 71.5 Å². The Morgan fingerprint density at radius 2 is 2.05 bits per heavy atom. The molecule has 5 nitrogen and oxygen atoms in total. The van der Waals surface area contributed by atoms with E-state index in [4.69, 9.17) is 16.3 Å². The number of carbonyl (C=O) groups excluding carboxylic acids is 1. The Morgan fingerprint density at radius 3 is 2.73 bits per heavy atom. The second-order valence-electron chi connectivity index (χ2n) is 4.72. The Hall–Kier alpha value is -2.11. The van der Waals surface area contributed by atoms with Crippen molar-refractivity contribution in [2.45, 2.75) is 19.1 Å². The van der Waals surface area contributed by atoms with Crippen LogP contribution in [0.25, 0.3) is 0 Å². The number of aromatic nitrogens is 1. The molecule has 0 aliphatic heterocycles. The van der Waals surface area contributed by atoms with E-state index in [-0.39, 0.29) is 18.9 Å². The number of aliphatic hydroxyl groups excluding tert-OH is 1. The number of hydrogen-bond acceptors (Lipinski definition) is 4. The first-order valence-corrected chi connectivity index (χ1v) is 7.16. The molecule has 116 valence electrons. The minimum Gasteiger partial charge on any atom is -0.481 e. The molecule has 1 heterocycles. The van der Waals surface area contributed by atoms with Crippen LogP contribution in [0.15, 0.2) is 42.5 Å². The minimum absolute atomic E-state index is 0.0222. The smallest absolute Gasteiger partial charge is 0.223 e. The highest BCUT2D eigenvalue weighted by Crippen LogP contribution is 2.19. The third-order valence-corrected chi connectivity index (χ3v) is 3.34. The predicted molar refractivity (Wildman–Crippen MR) is 83.7 cm³/mol. The number of nitrogens with zero attached hydrogens (tertiary/aromatic N) is 1. The fraction of sp³-hybridized carbons (Fsp3) is 0.250. The zero-order chi connectivity index (χ0) is 15.9. The fourth-order valence-electron chi connectivity index (χ4n) is 1.91. The number of nitrogens with one attached hydrogen (secondary N) is 1. The van der Waals surface area contributed by atoms with Crippen LogP contribution in [0.3, 0.4) is 0 Å². The molecule has 1 aromatic heterocycles. The summed E-state index contributed by atoms with van der Waals surface area (Å²) in [7, 11) is 1.53. The van der Waals surface area contributed by atoms with Crippen LogP contribution in [-0.2, 0) is 11.3 Å². The lowest BCUT2D eigenvalue weighted by molar-refractivity contribution is -0.123. The van der Waals surface area contributed by atoms with Gasteiger partial charge in [-0.3, -0.25) is 4.79 Å². The first-order chi connectivity index (χ1) is 10.6. The molecule has 1 unspecified atom stereocenters. The molecule has 2 N–H and O–H groups in total. The molecule has 0 aliphatic rings.